The van der Waals surface area contributed by atoms with E-state index in [0.717, 1.165) is 5.56 Å². The van der Waals surface area contributed by atoms with Crippen LogP contribution < -0.4 is 10.1 Å². The Kier molecular flexibility index (Phi) is 5.43. The maximum Gasteiger partial charge on any atom is 0.412 e. The Morgan fingerprint density at radius 3 is 2.08 bits per heavy atom. The number of nitrogens with zero attached hydrogens (tertiary/aromatic N) is 1. The molecule has 0 saturated heterocycles. The summed E-state index contributed by atoms with van der Waals surface area (Å²) in [5, 5.41) is 11.3. The molecule has 0 spiro atoms. The molecule has 2 aromatic carbocycles. The topological polar surface area (TPSA) is 71.3 Å². The van der Waals surface area contributed by atoms with Crippen LogP contribution in [0.25, 0.3) is 0 Å². The van der Waals surface area contributed by atoms with Crippen LogP contribution in [0.1, 0.15) is 26.3 Å². The molecule has 0 atom stereocenters. The Bertz CT molecular complexity index is 723. The summed E-state index contributed by atoms with van der Waals surface area (Å²) in [5.74, 6) is 1.34. The van der Waals surface area contributed by atoms with E-state index in [1.807, 2.05) is 45.0 Å². The van der Waals surface area contributed by atoms with E-state index in [4.69, 9.17) is 14.7 Å². The van der Waals surface area contributed by atoms with Gasteiger partial charge >= 0.3 is 6.09 Å². The molecule has 0 aliphatic rings. The van der Waals surface area contributed by atoms with Gasteiger partial charge in [-0.25, -0.2) is 4.79 Å². The van der Waals surface area contributed by atoms with E-state index in [9.17, 15) is 4.79 Å². The minimum absolute atomic E-state index is 0.380. The third kappa shape index (κ3) is 5.65. The molecule has 0 aliphatic heterocycles. The number of ether oxygens (including phenoxy) is 2. The van der Waals surface area contributed by atoms with Crippen molar-refractivity contribution in [2.75, 3.05) is 5.32 Å². The second kappa shape index (κ2) is 7.51. The molecule has 0 aliphatic carbocycles. The molecular formula is C19H20N2O3. The second-order valence-electron chi connectivity index (χ2n) is 6.23. The van der Waals surface area contributed by atoms with Crippen LogP contribution in [0, 0.1) is 11.3 Å². The second-order valence-corrected chi connectivity index (χ2v) is 6.23. The number of anilines is 1. The van der Waals surface area contributed by atoms with E-state index in [0.29, 0.717) is 23.6 Å². The van der Waals surface area contributed by atoms with Crippen LogP contribution in [0.3, 0.4) is 0 Å². The Morgan fingerprint density at radius 2 is 1.58 bits per heavy atom. The van der Waals surface area contributed by atoms with Crippen molar-refractivity contribution in [2.45, 2.75) is 32.8 Å². The van der Waals surface area contributed by atoms with E-state index in [1.165, 1.54) is 0 Å². The van der Waals surface area contributed by atoms with Gasteiger partial charge in [0, 0.05) is 5.69 Å². The highest BCUT2D eigenvalue weighted by Crippen LogP contribution is 2.23. The highest BCUT2D eigenvalue weighted by molar-refractivity contribution is 5.84. The van der Waals surface area contributed by atoms with Crippen LogP contribution in [0.4, 0.5) is 10.5 Å². The standard InChI is InChI=1S/C19H20N2O3/c1-19(2,3)24-18(22)21-15-6-10-17(11-7-15)23-16-8-4-14(5-9-16)12-13-20/h4-11H,12H2,1-3H3,(H,21,22). The number of amides is 1. The van der Waals surface area contributed by atoms with Gasteiger partial charge in [0.25, 0.3) is 0 Å². The Balaban J connectivity index is 1.94. The van der Waals surface area contributed by atoms with Gasteiger partial charge < -0.3 is 9.47 Å². The lowest BCUT2D eigenvalue weighted by Gasteiger charge is -2.19. The van der Waals surface area contributed by atoms with Crippen molar-refractivity contribution in [1.29, 1.82) is 5.26 Å². The van der Waals surface area contributed by atoms with E-state index in [1.54, 1.807) is 24.3 Å². The molecule has 0 unspecified atom stereocenters. The number of hydrogen-bond acceptors (Lipinski definition) is 4. The number of benzene rings is 2. The third-order valence-electron chi connectivity index (χ3n) is 2.94. The van der Waals surface area contributed by atoms with Crippen LogP contribution in [0.5, 0.6) is 11.5 Å². The first kappa shape index (κ1) is 17.4. The summed E-state index contributed by atoms with van der Waals surface area (Å²) in [4.78, 5) is 11.7. The predicted octanol–water partition coefficient (Wildman–Crippen LogP) is 4.89. The summed E-state index contributed by atoms with van der Waals surface area (Å²) in [6, 6.07) is 16.5. The van der Waals surface area contributed by atoms with E-state index < -0.39 is 11.7 Å². The first-order valence-electron chi connectivity index (χ1n) is 7.59. The molecule has 0 radical (unpaired) electrons. The minimum Gasteiger partial charge on any atom is -0.457 e. The fourth-order valence-electron chi connectivity index (χ4n) is 1.93. The largest absolute Gasteiger partial charge is 0.457 e. The number of hydrogen-bond donors (Lipinski definition) is 1. The quantitative estimate of drug-likeness (QED) is 0.869. The molecular weight excluding hydrogens is 304 g/mol. The molecule has 24 heavy (non-hydrogen) atoms. The predicted molar refractivity (Wildman–Crippen MR) is 92.1 cm³/mol. The van der Waals surface area contributed by atoms with E-state index in [2.05, 4.69) is 11.4 Å². The van der Waals surface area contributed by atoms with Gasteiger partial charge in [0.15, 0.2) is 0 Å². The average Bonchev–Trinajstić information content (AvgIpc) is 2.49. The summed E-state index contributed by atoms with van der Waals surface area (Å²) in [6.07, 6.45) is -0.116. The van der Waals surface area contributed by atoms with Crippen molar-refractivity contribution in [2.24, 2.45) is 0 Å². The molecule has 2 aromatic rings. The zero-order chi connectivity index (χ0) is 17.6. The number of carbonyl (C=O) groups is 1. The summed E-state index contributed by atoms with van der Waals surface area (Å²) in [5.41, 5.74) is 1.04. The lowest BCUT2D eigenvalue weighted by molar-refractivity contribution is 0.0636. The summed E-state index contributed by atoms with van der Waals surface area (Å²) in [6.45, 7) is 5.43. The number of rotatable bonds is 4. The Hall–Kier alpha value is -3.00. The summed E-state index contributed by atoms with van der Waals surface area (Å²) < 4.78 is 10.9. The Labute approximate surface area is 141 Å². The van der Waals surface area contributed by atoms with Gasteiger partial charge in [0.1, 0.15) is 17.1 Å². The van der Waals surface area contributed by atoms with Crippen LogP contribution in [0.2, 0.25) is 0 Å². The summed E-state index contributed by atoms with van der Waals surface area (Å²) >= 11 is 0. The molecule has 5 nitrogen and oxygen atoms in total. The monoisotopic (exact) mass is 324 g/mol. The average molecular weight is 324 g/mol. The molecule has 5 heteroatoms. The third-order valence-corrected chi connectivity index (χ3v) is 2.94. The van der Waals surface area contributed by atoms with Gasteiger partial charge in [-0.05, 0) is 62.7 Å². The van der Waals surface area contributed by atoms with Crippen LogP contribution in [0.15, 0.2) is 48.5 Å². The fourth-order valence-corrected chi connectivity index (χ4v) is 1.93. The lowest BCUT2D eigenvalue weighted by atomic mass is 10.2. The molecule has 0 aromatic heterocycles. The zero-order valence-electron chi connectivity index (χ0n) is 14.0. The van der Waals surface area contributed by atoms with Crippen molar-refractivity contribution < 1.29 is 14.3 Å². The van der Waals surface area contributed by atoms with Crippen molar-refractivity contribution in [3.8, 4) is 17.6 Å². The fraction of sp³-hybridized carbons (Fsp3) is 0.263. The lowest BCUT2D eigenvalue weighted by Crippen LogP contribution is -2.27. The number of nitrogens with one attached hydrogen (secondary N) is 1. The van der Waals surface area contributed by atoms with Gasteiger partial charge in [0.2, 0.25) is 0 Å². The molecule has 0 saturated carbocycles. The van der Waals surface area contributed by atoms with Gasteiger partial charge in [-0.1, -0.05) is 12.1 Å². The zero-order valence-corrected chi connectivity index (χ0v) is 14.0. The van der Waals surface area contributed by atoms with Gasteiger partial charge in [-0.2, -0.15) is 5.26 Å². The van der Waals surface area contributed by atoms with Gasteiger partial charge in [-0.15, -0.1) is 0 Å². The first-order chi connectivity index (χ1) is 11.4. The molecule has 1 amide bonds. The number of nitriles is 1. The van der Waals surface area contributed by atoms with Gasteiger partial charge in [0.05, 0.1) is 12.5 Å². The maximum atomic E-state index is 11.7. The van der Waals surface area contributed by atoms with Crippen molar-refractivity contribution >= 4 is 11.8 Å². The van der Waals surface area contributed by atoms with E-state index >= 15 is 0 Å². The van der Waals surface area contributed by atoms with Crippen molar-refractivity contribution in [1.82, 2.24) is 0 Å². The molecule has 0 fully saturated rings. The smallest absolute Gasteiger partial charge is 0.412 e. The van der Waals surface area contributed by atoms with Crippen molar-refractivity contribution in [3.63, 3.8) is 0 Å². The van der Waals surface area contributed by atoms with Crippen LogP contribution in [-0.4, -0.2) is 11.7 Å². The highest BCUT2D eigenvalue weighted by Gasteiger charge is 2.16. The number of carbonyl (C=O) groups excluding carboxylic acids is 1. The SMILES string of the molecule is CC(C)(C)OC(=O)Nc1ccc(Oc2ccc(CC#N)cc2)cc1. The Morgan fingerprint density at radius 1 is 1.04 bits per heavy atom. The summed E-state index contributed by atoms with van der Waals surface area (Å²) in [7, 11) is 0. The van der Waals surface area contributed by atoms with Gasteiger partial charge in [-0.3, -0.25) is 5.32 Å². The first-order valence-corrected chi connectivity index (χ1v) is 7.59. The van der Waals surface area contributed by atoms with Crippen molar-refractivity contribution in [3.05, 3.63) is 54.1 Å². The normalized spacial score (nSPS) is 10.6. The highest BCUT2D eigenvalue weighted by atomic mass is 16.6. The molecule has 0 bridgehead atoms. The van der Waals surface area contributed by atoms with E-state index in [-0.39, 0.29) is 0 Å². The van der Waals surface area contributed by atoms with Crippen LogP contribution in [-0.2, 0) is 11.2 Å². The molecule has 2 rings (SSSR count). The molecule has 0 heterocycles. The van der Waals surface area contributed by atoms with Crippen LogP contribution >= 0.6 is 0 Å². The molecule has 124 valence electrons. The molecule has 1 N–H and O–H groups in total. The minimum atomic E-state index is -0.537. The maximum absolute atomic E-state index is 11.7.